The smallest absolute Gasteiger partial charge is 0.0411 e. The Morgan fingerprint density at radius 3 is 2.62 bits per heavy atom. The molecule has 3 rings (SSSR count). The summed E-state index contributed by atoms with van der Waals surface area (Å²) in [6, 6.07) is 9.69. The molecule has 2 fully saturated rings. The van der Waals surface area contributed by atoms with E-state index in [0.717, 1.165) is 12.5 Å². The van der Waals surface area contributed by atoms with Crippen LogP contribution >= 0.6 is 0 Å². The Bertz CT molecular complexity index is 437. The highest BCUT2D eigenvalue weighted by Crippen LogP contribution is 2.26. The molecule has 2 aliphatic rings. The van der Waals surface area contributed by atoms with E-state index in [2.05, 4.69) is 41.4 Å². The number of nitrogens with zero attached hydrogens (tertiary/aromatic N) is 1. The van der Waals surface area contributed by atoms with Gasteiger partial charge in [-0.1, -0.05) is 44.4 Å². The minimum absolute atomic E-state index is 0.708. The van der Waals surface area contributed by atoms with Gasteiger partial charge >= 0.3 is 0 Å². The average Bonchev–Trinajstić information content (AvgIpc) is 2.96. The van der Waals surface area contributed by atoms with Crippen molar-refractivity contribution in [2.75, 3.05) is 18.0 Å². The third-order valence-corrected chi connectivity index (χ3v) is 5.35. The number of anilines is 1. The normalized spacial score (nSPS) is 26.8. The highest BCUT2D eigenvalue weighted by molar-refractivity contribution is 5.54. The van der Waals surface area contributed by atoms with Gasteiger partial charge < -0.3 is 10.2 Å². The average molecular weight is 286 g/mol. The van der Waals surface area contributed by atoms with Crippen LogP contribution in [0, 0.1) is 5.92 Å². The van der Waals surface area contributed by atoms with E-state index in [1.54, 1.807) is 0 Å². The van der Waals surface area contributed by atoms with Crippen LogP contribution in [0.25, 0.3) is 0 Å². The van der Waals surface area contributed by atoms with E-state index >= 15 is 0 Å². The molecule has 1 saturated heterocycles. The predicted octanol–water partition coefficient (Wildman–Crippen LogP) is 4.35. The maximum atomic E-state index is 3.86. The van der Waals surface area contributed by atoms with Crippen LogP contribution in [-0.4, -0.2) is 19.1 Å². The van der Waals surface area contributed by atoms with E-state index < -0.39 is 0 Å². The first-order valence-electron chi connectivity index (χ1n) is 8.91. The minimum Gasteiger partial charge on any atom is -0.371 e. The molecule has 1 aliphatic heterocycles. The molecule has 0 amide bonds. The van der Waals surface area contributed by atoms with Gasteiger partial charge in [-0.2, -0.15) is 0 Å². The predicted molar refractivity (Wildman–Crippen MR) is 90.8 cm³/mol. The topological polar surface area (TPSA) is 15.3 Å². The molecule has 0 spiro atoms. The summed E-state index contributed by atoms with van der Waals surface area (Å²) in [5.74, 6) is 0.825. The molecular formula is C19H30N2. The summed E-state index contributed by atoms with van der Waals surface area (Å²) in [5.41, 5.74) is 2.94. The molecule has 1 N–H and O–H groups in total. The number of hydrogen-bond acceptors (Lipinski definition) is 2. The van der Waals surface area contributed by atoms with Crippen LogP contribution in [0.3, 0.4) is 0 Å². The fraction of sp³-hybridized carbons (Fsp3) is 0.684. The van der Waals surface area contributed by atoms with E-state index in [9.17, 15) is 0 Å². The van der Waals surface area contributed by atoms with Crippen LogP contribution < -0.4 is 10.2 Å². The maximum absolute atomic E-state index is 3.86. The van der Waals surface area contributed by atoms with Gasteiger partial charge in [-0.25, -0.2) is 0 Å². The number of benzene rings is 1. The fourth-order valence-corrected chi connectivity index (χ4v) is 3.96. The molecular weight excluding hydrogens is 256 g/mol. The zero-order chi connectivity index (χ0) is 14.5. The highest BCUT2D eigenvalue weighted by atomic mass is 15.1. The molecule has 21 heavy (non-hydrogen) atoms. The number of rotatable bonds is 4. The molecule has 1 aromatic carbocycles. The monoisotopic (exact) mass is 286 g/mol. The van der Waals surface area contributed by atoms with Gasteiger partial charge in [0.2, 0.25) is 0 Å². The quantitative estimate of drug-likeness (QED) is 0.828. The Kier molecular flexibility index (Phi) is 5.18. The first-order chi connectivity index (χ1) is 10.3. The van der Waals surface area contributed by atoms with Gasteiger partial charge in [-0.15, -0.1) is 0 Å². The summed E-state index contributed by atoms with van der Waals surface area (Å²) < 4.78 is 0. The molecule has 116 valence electrons. The standard InChI is InChI=1S/C19H30N2/c1-16-9-3-2-4-11-18(16)20-15-17-10-5-6-12-19(17)21-13-7-8-14-21/h5-6,10,12,16,18,20H,2-4,7-9,11,13-15H2,1H3. The lowest BCUT2D eigenvalue weighted by molar-refractivity contribution is 0.356. The minimum atomic E-state index is 0.708. The third-order valence-electron chi connectivity index (χ3n) is 5.35. The third kappa shape index (κ3) is 3.79. The Balaban J connectivity index is 1.64. The molecule has 0 radical (unpaired) electrons. The molecule has 2 nitrogen and oxygen atoms in total. The van der Waals surface area contributed by atoms with Gasteiger partial charge in [-0.05, 0) is 43.2 Å². The van der Waals surface area contributed by atoms with Crippen LogP contribution in [0.1, 0.15) is 57.4 Å². The van der Waals surface area contributed by atoms with Crippen LogP contribution in [0.4, 0.5) is 5.69 Å². The van der Waals surface area contributed by atoms with Crippen molar-refractivity contribution < 1.29 is 0 Å². The lowest BCUT2D eigenvalue weighted by atomic mass is 9.96. The second-order valence-corrected chi connectivity index (χ2v) is 6.93. The van der Waals surface area contributed by atoms with Crippen LogP contribution in [0.5, 0.6) is 0 Å². The Hall–Kier alpha value is -1.02. The van der Waals surface area contributed by atoms with Gasteiger partial charge in [0.1, 0.15) is 0 Å². The van der Waals surface area contributed by atoms with E-state index in [1.165, 1.54) is 69.3 Å². The first-order valence-corrected chi connectivity index (χ1v) is 8.91. The zero-order valence-electron chi connectivity index (χ0n) is 13.5. The van der Waals surface area contributed by atoms with Crippen LogP contribution in [0.15, 0.2) is 24.3 Å². The van der Waals surface area contributed by atoms with Crippen LogP contribution in [0.2, 0.25) is 0 Å². The van der Waals surface area contributed by atoms with Gasteiger partial charge in [0, 0.05) is 31.4 Å². The van der Waals surface area contributed by atoms with Crippen molar-refractivity contribution >= 4 is 5.69 Å². The molecule has 1 aliphatic carbocycles. The second-order valence-electron chi connectivity index (χ2n) is 6.93. The van der Waals surface area contributed by atoms with Crippen molar-refractivity contribution in [2.24, 2.45) is 5.92 Å². The molecule has 0 bridgehead atoms. The number of hydrogen-bond donors (Lipinski definition) is 1. The van der Waals surface area contributed by atoms with Crippen molar-refractivity contribution in [1.82, 2.24) is 5.32 Å². The molecule has 1 aromatic rings. The summed E-state index contributed by atoms with van der Waals surface area (Å²) in [6.07, 6.45) is 9.69. The van der Waals surface area contributed by atoms with E-state index in [0.29, 0.717) is 6.04 Å². The van der Waals surface area contributed by atoms with E-state index in [1.807, 2.05) is 0 Å². The second kappa shape index (κ2) is 7.31. The summed E-state index contributed by atoms with van der Waals surface area (Å²) in [4.78, 5) is 2.56. The highest BCUT2D eigenvalue weighted by Gasteiger charge is 2.20. The van der Waals surface area contributed by atoms with Crippen molar-refractivity contribution in [1.29, 1.82) is 0 Å². The van der Waals surface area contributed by atoms with Crippen molar-refractivity contribution in [3.05, 3.63) is 29.8 Å². The maximum Gasteiger partial charge on any atom is 0.0411 e. The summed E-state index contributed by atoms with van der Waals surface area (Å²) >= 11 is 0. The molecule has 2 atom stereocenters. The summed E-state index contributed by atoms with van der Waals surface area (Å²) in [6.45, 7) is 5.92. The van der Waals surface area contributed by atoms with E-state index in [-0.39, 0.29) is 0 Å². The van der Waals surface area contributed by atoms with Gasteiger partial charge in [0.05, 0.1) is 0 Å². The van der Waals surface area contributed by atoms with Gasteiger partial charge in [0.25, 0.3) is 0 Å². The lowest BCUT2D eigenvalue weighted by Gasteiger charge is -2.26. The summed E-state index contributed by atoms with van der Waals surface area (Å²) in [7, 11) is 0. The first kappa shape index (κ1) is 14.9. The molecule has 2 unspecified atom stereocenters. The Morgan fingerprint density at radius 1 is 1.00 bits per heavy atom. The van der Waals surface area contributed by atoms with E-state index in [4.69, 9.17) is 0 Å². The van der Waals surface area contributed by atoms with Crippen molar-refractivity contribution in [2.45, 2.75) is 64.5 Å². The number of nitrogens with one attached hydrogen (secondary N) is 1. The fourth-order valence-electron chi connectivity index (χ4n) is 3.96. The lowest BCUT2D eigenvalue weighted by Crippen LogP contribution is -2.34. The van der Waals surface area contributed by atoms with Gasteiger partial charge in [-0.3, -0.25) is 0 Å². The van der Waals surface area contributed by atoms with Crippen LogP contribution in [-0.2, 0) is 6.54 Å². The molecule has 1 saturated carbocycles. The zero-order valence-corrected chi connectivity index (χ0v) is 13.5. The van der Waals surface area contributed by atoms with Gasteiger partial charge in [0.15, 0.2) is 0 Å². The molecule has 2 heteroatoms. The van der Waals surface area contributed by atoms with Crippen molar-refractivity contribution in [3.8, 4) is 0 Å². The Morgan fingerprint density at radius 2 is 1.76 bits per heavy atom. The molecule has 1 heterocycles. The number of para-hydroxylation sites is 1. The SMILES string of the molecule is CC1CCCCCC1NCc1ccccc1N1CCCC1. The summed E-state index contributed by atoms with van der Waals surface area (Å²) in [5, 5.41) is 3.86. The molecule has 0 aromatic heterocycles. The largest absolute Gasteiger partial charge is 0.371 e. The van der Waals surface area contributed by atoms with Crippen molar-refractivity contribution in [3.63, 3.8) is 0 Å². The Labute approximate surface area is 129 Å².